The van der Waals surface area contributed by atoms with Crippen LogP contribution >= 0.6 is 22.7 Å². The first kappa shape index (κ1) is 31.9. The van der Waals surface area contributed by atoms with Crippen molar-refractivity contribution in [2.75, 3.05) is 14.7 Å². The molecule has 2 aliphatic rings. The number of para-hydroxylation sites is 2. The average molecular weight is 738 g/mol. The van der Waals surface area contributed by atoms with Gasteiger partial charge in [0.1, 0.15) is 21.2 Å². The lowest BCUT2D eigenvalue weighted by atomic mass is 9.87. The van der Waals surface area contributed by atoms with Crippen LogP contribution in [0.25, 0.3) is 42.1 Å². The van der Waals surface area contributed by atoms with E-state index >= 15 is 0 Å². The minimum Gasteiger partial charge on any atom is -0.456 e. The molecule has 6 aromatic carbocycles. The van der Waals surface area contributed by atoms with Crippen molar-refractivity contribution in [1.82, 2.24) is 0 Å². The molecule has 0 atom stereocenters. The zero-order chi connectivity index (χ0) is 36.7. The average Bonchev–Trinajstić information content (AvgIpc) is 3.86. The largest absolute Gasteiger partial charge is 0.456 e. The summed E-state index contributed by atoms with van der Waals surface area (Å²) >= 11 is 3.76. The second-order valence-electron chi connectivity index (χ2n) is 16.7. The second-order valence-corrected chi connectivity index (χ2v) is 18.7. The van der Waals surface area contributed by atoms with E-state index in [0.717, 1.165) is 27.9 Å². The number of anilines is 9. The van der Waals surface area contributed by atoms with E-state index in [1.807, 2.05) is 22.7 Å². The number of nitrogens with zero attached hydrogens (tertiary/aromatic N) is 3. The van der Waals surface area contributed by atoms with Crippen LogP contribution in [0.15, 0.2) is 132 Å². The van der Waals surface area contributed by atoms with Gasteiger partial charge in [0.2, 0.25) is 0 Å². The molecule has 0 N–H and O–H groups in total. The van der Waals surface area contributed by atoms with E-state index in [1.54, 1.807) is 0 Å². The molecule has 0 amide bonds. The number of rotatable bonds is 2. The molecule has 0 radical (unpaired) electrons. The van der Waals surface area contributed by atoms with Crippen LogP contribution in [-0.2, 0) is 10.8 Å². The van der Waals surface area contributed by atoms with E-state index in [2.05, 4.69) is 184 Å². The van der Waals surface area contributed by atoms with Gasteiger partial charge in [-0.25, -0.2) is 0 Å². The van der Waals surface area contributed by atoms with Crippen LogP contribution in [0, 0.1) is 0 Å². The molecule has 54 heavy (non-hydrogen) atoms. The van der Waals surface area contributed by atoms with Gasteiger partial charge in [-0.15, -0.1) is 22.7 Å². The van der Waals surface area contributed by atoms with E-state index in [1.165, 1.54) is 75.1 Å². The normalized spacial score (nSPS) is 14.0. The van der Waals surface area contributed by atoms with Crippen molar-refractivity contribution in [2.24, 2.45) is 0 Å². The van der Waals surface area contributed by atoms with Crippen molar-refractivity contribution < 1.29 is 4.42 Å². The molecule has 0 fully saturated rings. The Bertz CT molecular complexity index is 2970. The van der Waals surface area contributed by atoms with E-state index < -0.39 is 0 Å². The molecule has 264 valence electrons. The third kappa shape index (κ3) is 4.41. The third-order valence-electron chi connectivity index (χ3n) is 11.2. The molecule has 11 rings (SSSR count). The van der Waals surface area contributed by atoms with E-state index in [-0.39, 0.29) is 10.8 Å². The molecule has 5 heterocycles. The molecule has 0 bridgehead atoms. The van der Waals surface area contributed by atoms with Gasteiger partial charge in [-0.1, -0.05) is 108 Å². The summed E-state index contributed by atoms with van der Waals surface area (Å²) in [5.74, 6) is 0. The highest BCUT2D eigenvalue weighted by molar-refractivity contribution is 7.27. The lowest BCUT2D eigenvalue weighted by Gasteiger charge is -2.44. The first-order valence-electron chi connectivity index (χ1n) is 18.7. The topological polar surface area (TPSA) is 22.9 Å². The fourth-order valence-electron chi connectivity index (χ4n) is 8.50. The molecular formula is C48H39N3OS2. The summed E-state index contributed by atoms with van der Waals surface area (Å²) in [5, 5.41) is 7.29. The Hall–Kier alpha value is -5.56. The lowest BCUT2D eigenvalue weighted by molar-refractivity contribution is 0.590. The molecule has 9 aromatic rings. The van der Waals surface area contributed by atoms with E-state index in [4.69, 9.17) is 4.42 Å². The summed E-state index contributed by atoms with van der Waals surface area (Å²) in [5.41, 5.74) is 12.9. The van der Waals surface area contributed by atoms with E-state index in [9.17, 15) is 0 Å². The zero-order valence-corrected chi connectivity index (χ0v) is 32.8. The molecule has 0 saturated heterocycles. The summed E-state index contributed by atoms with van der Waals surface area (Å²) in [4.78, 5) is 7.61. The van der Waals surface area contributed by atoms with Gasteiger partial charge in [-0.05, 0) is 82.6 Å². The number of hydrogen-bond donors (Lipinski definition) is 0. The molecule has 0 spiro atoms. The van der Waals surface area contributed by atoms with Gasteiger partial charge in [-0.3, -0.25) is 4.90 Å². The van der Waals surface area contributed by atoms with Gasteiger partial charge in [0.15, 0.2) is 0 Å². The fraction of sp³-hybridized carbons (Fsp3) is 0.167. The van der Waals surface area contributed by atoms with Crippen molar-refractivity contribution >= 4 is 115 Å². The summed E-state index contributed by atoms with van der Waals surface area (Å²) in [7, 11) is 0. The Morgan fingerprint density at radius 1 is 0.444 bits per heavy atom. The molecule has 2 aliphatic heterocycles. The summed E-state index contributed by atoms with van der Waals surface area (Å²) < 4.78 is 8.98. The first-order valence-corrected chi connectivity index (χ1v) is 20.3. The molecule has 0 unspecified atom stereocenters. The highest BCUT2D eigenvalue weighted by atomic mass is 32.1. The smallest absolute Gasteiger partial charge is 0.136 e. The van der Waals surface area contributed by atoms with Gasteiger partial charge < -0.3 is 14.2 Å². The Kier molecular flexibility index (Phi) is 6.50. The highest BCUT2D eigenvalue weighted by Crippen LogP contribution is 2.69. The number of fused-ring (bicyclic) bond motifs is 12. The summed E-state index contributed by atoms with van der Waals surface area (Å²) in [6.07, 6.45) is 0. The SMILES string of the molecule is CC(C)(C)c1ccc(N2c3cccc4c3N(c3sc5ccccc5c32)c2sc3c(ccc5oc6ccccc6c53)c2N4c2ccc(C(C)(C)C)cc2)cc1. The van der Waals surface area contributed by atoms with Crippen molar-refractivity contribution in [3.05, 3.63) is 139 Å². The predicted octanol–water partition coefficient (Wildman–Crippen LogP) is 15.6. The van der Waals surface area contributed by atoms with Crippen LogP contribution in [0.2, 0.25) is 0 Å². The molecule has 0 aliphatic carbocycles. The van der Waals surface area contributed by atoms with Crippen LogP contribution in [0.3, 0.4) is 0 Å². The molecule has 3 aromatic heterocycles. The minimum atomic E-state index is 0.0535. The first-order chi connectivity index (χ1) is 26.1. The van der Waals surface area contributed by atoms with Crippen LogP contribution in [0.4, 0.5) is 49.8 Å². The highest BCUT2D eigenvalue weighted by Gasteiger charge is 2.43. The lowest BCUT2D eigenvalue weighted by Crippen LogP contribution is -2.28. The van der Waals surface area contributed by atoms with Gasteiger partial charge in [0, 0.05) is 37.6 Å². The van der Waals surface area contributed by atoms with Crippen molar-refractivity contribution in [1.29, 1.82) is 0 Å². The summed E-state index contributed by atoms with van der Waals surface area (Å²) in [6.45, 7) is 13.7. The van der Waals surface area contributed by atoms with Crippen LogP contribution in [0.1, 0.15) is 52.7 Å². The monoisotopic (exact) mass is 737 g/mol. The van der Waals surface area contributed by atoms with Crippen molar-refractivity contribution in [2.45, 2.75) is 52.4 Å². The summed E-state index contributed by atoms with van der Waals surface area (Å²) in [6, 6.07) is 47.1. The van der Waals surface area contributed by atoms with Crippen molar-refractivity contribution in [3.63, 3.8) is 0 Å². The van der Waals surface area contributed by atoms with Crippen molar-refractivity contribution in [3.8, 4) is 0 Å². The Labute approximate surface area is 323 Å². The molecule has 4 nitrogen and oxygen atoms in total. The Morgan fingerprint density at radius 3 is 1.63 bits per heavy atom. The maximum absolute atomic E-state index is 6.46. The van der Waals surface area contributed by atoms with Crippen LogP contribution in [-0.4, -0.2) is 0 Å². The number of hydrogen-bond acceptors (Lipinski definition) is 6. The number of thiophene rings is 2. The standard InChI is InChI=1S/C48H39N3OS2/c1-47(2,3)28-18-22-30(23-19-28)49-35-14-11-15-36-43(35)51(45-41(49)33-13-8-10-17-39(33)53-45)46-42(50(36)31-24-20-29(21-25-31)48(4,5)6)34-26-27-38-40(44(34)54-46)32-12-7-9-16-37(32)52-38/h7-27H,1-6H3. The van der Waals surface area contributed by atoms with Gasteiger partial charge in [0.05, 0.1) is 33.1 Å². The second kappa shape index (κ2) is 11.0. The Morgan fingerprint density at radius 2 is 1.00 bits per heavy atom. The fourth-order valence-corrected chi connectivity index (χ4v) is 11.1. The van der Waals surface area contributed by atoms with Crippen LogP contribution < -0.4 is 14.7 Å². The molecule has 0 saturated carbocycles. The van der Waals surface area contributed by atoms with Gasteiger partial charge >= 0.3 is 0 Å². The van der Waals surface area contributed by atoms with Gasteiger partial charge in [0.25, 0.3) is 0 Å². The van der Waals surface area contributed by atoms with E-state index in [0.29, 0.717) is 0 Å². The maximum Gasteiger partial charge on any atom is 0.136 e. The maximum atomic E-state index is 6.46. The minimum absolute atomic E-state index is 0.0535. The molecular weight excluding hydrogens is 699 g/mol. The van der Waals surface area contributed by atoms with Crippen LogP contribution in [0.5, 0.6) is 0 Å². The molecule has 6 heteroatoms. The third-order valence-corrected chi connectivity index (χ3v) is 13.6. The quantitative estimate of drug-likeness (QED) is 0.176. The Balaban J connectivity index is 1.25. The zero-order valence-electron chi connectivity index (χ0n) is 31.2. The van der Waals surface area contributed by atoms with Gasteiger partial charge in [-0.2, -0.15) is 0 Å². The number of benzene rings is 6. The predicted molar refractivity (Wildman–Crippen MR) is 233 cm³/mol. The number of furan rings is 1.